The molecule has 0 amide bonds. The first-order valence-electron chi connectivity index (χ1n) is 13.4. The summed E-state index contributed by atoms with van der Waals surface area (Å²) < 4.78 is 44.8. The van der Waals surface area contributed by atoms with Gasteiger partial charge in [0.15, 0.2) is 11.6 Å². The molecule has 5 N–H and O–H groups in total. The highest BCUT2D eigenvalue weighted by atomic mass is 32.2. The number of alkyl halides is 2. The van der Waals surface area contributed by atoms with Gasteiger partial charge in [-0.15, -0.1) is 23.1 Å². The number of rotatable bonds is 6. The number of nitrogens with one attached hydrogen (secondary N) is 1. The Kier molecular flexibility index (Phi) is 8.32. The van der Waals surface area contributed by atoms with Crippen LogP contribution in [0.4, 0.5) is 35.6 Å². The number of fused-ring (bicyclic) bond motifs is 2. The van der Waals surface area contributed by atoms with Crippen LogP contribution < -0.4 is 31.3 Å². The number of thioether (sulfide) groups is 1. The standard InChI is InChI=1S/C23H25FN8OS2.C4H7F2N/c1-4-32(12(2)13-6-5-7-28-18(13)26)21-17(24)20(29-22(30-21)33-3)31-10-23(11-31)16-14(8-25)19(27)35-15(16)9-34-23;5-4(6)1-2-7-3-4/h5-7,12H,4,9-11,27H2,1-3H3,(H2,26,28);7H,1-3H2. The van der Waals surface area contributed by atoms with Crippen molar-refractivity contribution in [1.82, 2.24) is 20.3 Å². The molecule has 6 heterocycles. The Bertz CT molecular complexity index is 1500. The Morgan fingerprint density at radius 2 is 2.07 bits per heavy atom. The molecule has 3 aromatic heterocycles. The van der Waals surface area contributed by atoms with E-state index in [0.29, 0.717) is 42.6 Å². The number of nitrogen functional groups attached to an aromatic ring is 2. The summed E-state index contributed by atoms with van der Waals surface area (Å²) in [4.78, 5) is 17.7. The number of halogens is 3. The number of nitriles is 1. The van der Waals surface area contributed by atoms with Gasteiger partial charge in [-0.25, -0.2) is 13.8 Å². The minimum absolute atomic E-state index is 0.00694. The van der Waals surface area contributed by atoms with Crippen LogP contribution >= 0.6 is 23.1 Å². The van der Waals surface area contributed by atoms with Crippen molar-refractivity contribution < 1.29 is 17.9 Å². The minimum atomic E-state index is -2.42. The molecule has 3 aliphatic rings. The molecule has 0 bridgehead atoms. The largest absolute Gasteiger partial charge is 0.467 e. The second kappa shape index (κ2) is 11.7. The summed E-state index contributed by atoms with van der Waals surface area (Å²) in [6.07, 6.45) is 1.63. The van der Waals surface area contributed by atoms with E-state index in [1.807, 2.05) is 29.7 Å². The lowest BCUT2D eigenvalue weighted by atomic mass is 9.88. The van der Waals surface area contributed by atoms with Crippen molar-refractivity contribution in [2.45, 2.75) is 42.7 Å². The van der Waals surface area contributed by atoms with Crippen LogP contribution in [0.25, 0.3) is 0 Å². The zero-order chi connectivity index (χ0) is 30.2. The van der Waals surface area contributed by atoms with E-state index >= 15 is 4.39 Å². The maximum atomic E-state index is 16.0. The molecule has 3 aliphatic heterocycles. The molecule has 0 radical (unpaired) electrons. The monoisotopic (exact) mass is 619 g/mol. The maximum absolute atomic E-state index is 16.0. The third-order valence-electron chi connectivity index (χ3n) is 7.68. The Balaban J connectivity index is 0.000000442. The number of aromatic nitrogens is 3. The maximum Gasteiger partial charge on any atom is 0.320 e. The Hall–Kier alpha value is -3.48. The van der Waals surface area contributed by atoms with Crippen LogP contribution in [0.1, 0.15) is 47.9 Å². The molecule has 2 saturated heterocycles. The van der Waals surface area contributed by atoms with Crippen LogP contribution in [0.2, 0.25) is 0 Å². The quantitative estimate of drug-likeness (QED) is 0.364. The summed E-state index contributed by atoms with van der Waals surface area (Å²) in [5.41, 5.74) is 14.5. The summed E-state index contributed by atoms with van der Waals surface area (Å²) >= 11 is 3.24. The van der Waals surface area contributed by atoms with E-state index in [9.17, 15) is 14.0 Å². The highest BCUT2D eigenvalue weighted by molar-refractivity contribution is 8.00. The number of nitrogens with zero attached hydrogens (tertiary/aromatic N) is 6. The molecular formula is C27H32F3N9OS2. The van der Waals surface area contributed by atoms with Crippen LogP contribution in [0.5, 0.6) is 6.01 Å². The van der Waals surface area contributed by atoms with Crippen LogP contribution in [-0.4, -0.2) is 60.7 Å². The molecule has 10 nitrogen and oxygen atoms in total. The smallest absolute Gasteiger partial charge is 0.320 e. The number of hydrogen-bond acceptors (Lipinski definition) is 12. The van der Waals surface area contributed by atoms with E-state index < -0.39 is 11.7 Å². The highest BCUT2D eigenvalue weighted by Gasteiger charge is 2.53. The summed E-state index contributed by atoms with van der Waals surface area (Å²) in [5, 5.41) is 12.8. The van der Waals surface area contributed by atoms with Crippen LogP contribution in [0, 0.1) is 17.1 Å². The Morgan fingerprint density at radius 3 is 2.64 bits per heavy atom. The number of methoxy groups -OCH3 is 1. The van der Waals surface area contributed by atoms with E-state index in [1.165, 1.54) is 18.4 Å². The molecule has 224 valence electrons. The first-order chi connectivity index (χ1) is 20.0. The Morgan fingerprint density at radius 1 is 1.31 bits per heavy atom. The van der Waals surface area contributed by atoms with E-state index in [1.54, 1.807) is 24.0 Å². The lowest BCUT2D eigenvalue weighted by molar-refractivity contribution is 0.0238. The number of hydrogen-bond donors (Lipinski definition) is 3. The van der Waals surface area contributed by atoms with Gasteiger partial charge in [-0.1, -0.05) is 6.07 Å². The van der Waals surface area contributed by atoms with Crippen LogP contribution in [-0.2, 0) is 10.5 Å². The van der Waals surface area contributed by atoms with Gasteiger partial charge in [-0.3, -0.25) is 0 Å². The normalized spacial score (nSPS) is 18.5. The van der Waals surface area contributed by atoms with Crippen molar-refractivity contribution >= 4 is 45.6 Å². The van der Waals surface area contributed by atoms with Crippen LogP contribution in [0.3, 0.4) is 0 Å². The van der Waals surface area contributed by atoms with Gasteiger partial charge in [0.1, 0.15) is 16.9 Å². The van der Waals surface area contributed by atoms with Gasteiger partial charge < -0.3 is 31.3 Å². The van der Waals surface area contributed by atoms with Crippen molar-refractivity contribution in [3.8, 4) is 12.1 Å². The molecule has 42 heavy (non-hydrogen) atoms. The van der Waals surface area contributed by atoms with Crippen molar-refractivity contribution in [2.24, 2.45) is 0 Å². The van der Waals surface area contributed by atoms with E-state index in [-0.39, 0.29) is 41.4 Å². The van der Waals surface area contributed by atoms with Gasteiger partial charge >= 0.3 is 6.01 Å². The fourth-order valence-corrected chi connectivity index (χ4v) is 8.33. The minimum Gasteiger partial charge on any atom is -0.467 e. The zero-order valence-corrected chi connectivity index (χ0v) is 25.1. The van der Waals surface area contributed by atoms with Crippen molar-refractivity contribution in [3.05, 3.63) is 45.7 Å². The molecule has 0 aliphatic carbocycles. The first-order valence-corrected chi connectivity index (χ1v) is 15.2. The summed E-state index contributed by atoms with van der Waals surface area (Å²) in [6.45, 7) is 5.71. The lowest BCUT2D eigenvalue weighted by Crippen LogP contribution is -2.57. The van der Waals surface area contributed by atoms with Gasteiger partial charge in [0, 0.05) is 60.6 Å². The van der Waals surface area contributed by atoms with Gasteiger partial charge in [0.25, 0.3) is 5.92 Å². The molecule has 0 aromatic carbocycles. The summed E-state index contributed by atoms with van der Waals surface area (Å²) in [6, 6.07) is 5.74. The lowest BCUT2D eigenvalue weighted by Gasteiger charge is -2.48. The molecule has 6 rings (SSSR count). The van der Waals surface area contributed by atoms with Crippen molar-refractivity contribution in [3.63, 3.8) is 0 Å². The second-order valence-corrected chi connectivity index (χ2v) is 12.8. The van der Waals surface area contributed by atoms with E-state index in [4.69, 9.17) is 16.2 Å². The molecular weight excluding hydrogens is 587 g/mol. The first kappa shape index (κ1) is 30.0. The van der Waals surface area contributed by atoms with Gasteiger partial charge in [-0.05, 0) is 19.9 Å². The molecule has 1 atom stereocenters. The number of anilines is 4. The third-order valence-corrected chi connectivity index (χ3v) is 10.3. The average Bonchev–Trinajstić information content (AvgIpc) is 3.62. The predicted molar refractivity (Wildman–Crippen MR) is 160 cm³/mol. The molecule has 0 saturated carbocycles. The average molecular weight is 620 g/mol. The van der Waals surface area contributed by atoms with Crippen molar-refractivity contribution in [1.29, 1.82) is 5.26 Å². The molecule has 15 heteroatoms. The fraction of sp³-hybridized carbons (Fsp3) is 0.481. The highest BCUT2D eigenvalue weighted by Crippen LogP contribution is 2.58. The number of pyridine rings is 1. The van der Waals surface area contributed by atoms with Gasteiger partial charge in [0.05, 0.1) is 30.0 Å². The summed E-state index contributed by atoms with van der Waals surface area (Å²) in [5.74, 6) is -1.43. The molecule has 1 spiro atoms. The van der Waals surface area contributed by atoms with E-state index in [2.05, 4.69) is 26.3 Å². The van der Waals surface area contributed by atoms with E-state index in [0.717, 1.165) is 21.8 Å². The number of nitrogens with two attached hydrogens (primary N) is 2. The fourth-order valence-electron chi connectivity index (χ4n) is 5.52. The topological polar surface area (TPSA) is 142 Å². The number of thiophene rings is 1. The zero-order valence-electron chi connectivity index (χ0n) is 23.5. The molecule has 1 unspecified atom stereocenters. The SMILES string of the molecule is CCN(c1nc(OC)nc(N2CC3(C2)SCc2sc(N)c(C#N)c23)c1F)C(C)c1cccnc1N.FC1(F)CCNC1. The molecule has 2 fully saturated rings. The summed E-state index contributed by atoms with van der Waals surface area (Å²) in [7, 11) is 1.46. The molecule has 3 aromatic rings. The second-order valence-electron chi connectivity index (χ2n) is 10.3. The van der Waals surface area contributed by atoms with Crippen molar-refractivity contribution in [2.75, 3.05) is 61.1 Å². The number of ether oxygens (including phenoxy) is 1. The van der Waals surface area contributed by atoms with Gasteiger partial charge in [-0.2, -0.15) is 19.6 Å². The Labute approximate surface area is 250 Å². The third kappa shape index (κ3) is 5.38. The van der Waals surface area contributed by atoms with Gasteiger partial charge in [0.2, 0.25) is 5.82 Å². The van der Waals surface area contributed by atoms with Crippen LogP contribution in [0.15, 0.2) is 18.3 Å². The predicted octanol–water partition coefficient (Wildman–Crippen LogP) is 4.28.